The molecule has 1 unspecified atom stereocenters. The molecule has 96 valence electrons. The first-order valence-electron chi connectivity index (χ1n) is 5.76. The van der Waals surface area contributed by atoms with Gasteiger partial charge in [0.2, 0.25) is 0 Å². The summed E-state index contributed by atoms with van der Waals surface area (Å²) < 4.78 is 6.23. The molecule has 0 amide bonds. The fourth-order valence-corrected chi connectivity index (χ4v) is 2.95. The van der Waals surface area contributed by atoms with E-state index in [-0.39, 0.29) is 0 Å². The molecule has 1 N–H and O–H groups in total. The fraction of sp³-hybridized carbons (Fsp3) is 0.538. The fourth-order valence-electron chi connectivity index (χ4n) is 1.60. The van der Waals surface area contributed by atoms with E-state index in [4.69, 9.17) is 4.74 Å². The molecule has 2 nitrogen and oxygen atoms in total. The van der Waals surface area contributed by atoms with Crippen molar-refractivity contribution in [1.29, 1.82) is 0 Å². The van der Waals surface area contributed by atoms with Crippen molar-refractivity contribution in [3.8, 4) is 5.75 Å². The maximum absolute atomic E-state index is 5.21. The molecule has 0 spiro atoms. The average molecular weight is 318 g/mol. The third-order valence-corrected chi connectivity index (χ3v) is 4.03. The topological polar surface area (TPSA) is 21.3 Å². The standard InChI is InChI=1S/C13H20BrNOS/c1-4-11(9-17-3)15-8-10-5-6-13(16-2)12(14)7-10/h5-7,11,15H,4,8-9H2,1-3H3. The van der Waals surface area contributed by atoms with E-state index in [1.807, 2.05) is 17.8 Å². The summed E-state index contributed by atoms with van der Waals surface area (Å²) in [5, 5.41) is 3.57. The van der Waals surface area contributed by atoms with Gasteiger partial charge in [0.1, 0.15) is 5.75 Å². The lowest BCUT2D eigenvalue weighted by Crippen LogP contribution is -2.30. The number of benzene rings is 1. The van der Waals surface area contributed by atoms with Gasteiger partial charge in [-0.15, -0.1) is 0 Å². The van der Waals surface area contributed by atoms with E-state index in [1.54, 1.807) is 7.11 Å². The molecule has 0 heterocycles. The molecule has 1 rings (SSSR count). The van der Waals surface area contributed by atoms with E-state index in [2.05, 4.69) is 46.6 Å². The van der Waals surface area contributed by atoms with Gasteiger partial charge >= 0.3 is 0 Å². The predicted molar refractivity (Wildman–Crippen MR) is 80.0 cm³/mol. The molecule has 0 fully saturated rings. The van der Waals surface area contributed by atoms with Crippen molar-refractivity contribution in [2.24, 2.45) is 0 Å². The van der Waals surface area contributed by atoms with Crippen LogP contribution in [0.3, 0.4) is 0 Å². The van der Waals surface area contributed by atoms with Gasteiger partial charge in [-0.3, -0.25) is 0 Å². The number of halogens is 1. The Labute approximate surface area is 117 Å². The molecule has 0 radical (unpaired) electrons. The van der Waals surface area contributed by atoms with Crippen LogP contribution in [-0.4, -0.2) is 25.2 Å². The van der Waals surface area contributed by atoms with E-state index in [0.717, 1.165) is 28.9 Å². The molecule has 0 aliphatic rings. The first-order chi connectivity index (χ1) is 8.21. The molecule has 1 atom stereocenters. The Balaban J connectivity index is 2.54. The lowest BCUT2D eigenvalue weighted by atomic mass is 10.2. The van der Waals surface area contributed by atoms with Gasteiger partial charge in [0.15, 0.2) is 0 Å². The zero-order chi connectivity index (χ0) is 12.7. The van der Waals surface area contributed by atoms with Crippen LogP contribution in [0, 0.1) is 0 Å². The summed E-state index contributed by atoms with van der Waals surface area (Å²) in [5.41, 5.74) is 1.28. The van der Waals surface area contributed by atoms with E-state index < -0.39 is 0 Å². The second kappa shape index (κ2) is 8.01. The summed E-state index contributed by atoms with van der Waals surface area (Å²) in [7, 11) is 1.68. The minimum absolute atomic E-state index is 0.589. The molecular weight excluding hydrogens is 298 g/mol. The summed E-state index contributed by atoms with van der Waals surface area (Å²) >= 11 is 5.39. The van der Waals surface area contributed by atoms with Gasteiger partial charge in [0, 0.05) is 18.3 Å². The highest BCUT2D eigenvalue weighted by molar-refractivity contribution is 9.10. The Morgan fingerprint density at radius 1 is 1.47 bits per heavy atom. The number of nitrogens with one attached hydrogen (secondary N) is 1. The van der Waals surface area contributed by atoms with Crippen LogP contribution < -0.4 is 10.1 Å². The monoisotopic (exact) mass is 317 g/mol. The second-order valence-electron chi connectivity index (χ2n) is 3.91. The maximum Gasteiger partial charge on any atom is 0.133 e. The highest BCUT2D eigenvalue weighted by atomic mass is 79.9. The van der Waals surface area contributed by atoms with Crippen molar-refractivity contribution in [2.45, 2.75) is 25.9 Å². The number of thioether (sulfide) groups is 1. The third kappa shape index (κ3) is 4.90. The first kappa shape index (κ1) is 14.9. The van der Waals surface area contributed by atoms with Crippen molar-refractivity contribution in [1.82, 2.24) is 5.32 Å². The van der Waals surface area contributed by atoms with Crippen molar-refractivity contribution in [2.75, 3.05) is 19.1 Å². The van der Waals surface area contributed by atoms with E-state index in [9.17, 15) is 0 Å². The van der Waals surface area contributed by atoms with Crippen molar-refractivity contribution in [3.05, 3.63) is 28.2 Å². The third-order valence-electron chi connectivity index (χ3n) is 2.67. The van der Waals surface area contributed by atoms with Crippen LogP contribution in [-0.2, 0) is 6.54 Å². The van der Waals surface area contributed by atoms with E-state index >= 15 is 0 Å². The van der Waals surface area contributed by atoms with Crippen LogP contribution in [0.5, 0.6) is 5.75 Å². The molecule has 17 heavy (non-hydrogen) atoms. The largest absolute Gasteiger partial charge is 0.496 e. The molecule has 0 saturated heterocycles. The number of rotatable bonds is 7. The minimum Gasteiger partial charge on any atom is -0.496 e. The Morgan fingerprint density at radius 2 is 2.24 bits per heavy atom. The first-order valence-corrected chi connectivity index (χ1v) is 7.94. The van der Waals surface area contributed by atoms with Crippen LogP contribution in [0.4, 0.5) is 0 Å². The smallest absolute Gasteiger partial charge is 0.133 e. The normalized spacial score (nSPS) is 12.5. The summed E-state index contributed by atoms with van der Waals surface area (Å²) in [6.07, 6.45) is 3.31. The Bertz CT molecular complexity index is 346. The lowest BCUT2D eigenvalue weighted by molar-refractivity contribution is 0.412. The highest BCUT2D eigenvalue weighted by Crippen LogP contribution is 2.25. The number of hydrogen-bond donors (Lipinski definition) is 1. The van der Waals surface area contributed by atoms with Crippen LogP contribution in [0.15, 0.2) is 22.7 Å². The number of ether oxygens (including phenoxy) is 1. The van der Waals surface area contributed by atoms with E-state index in [0.29, 0.717) is 6.04 Å². The van der Waals surface area contributed by atoms with E-state index in [1.165, 1.54) is 5.56 Å². The minimum atomic E-state index is 0.589. The molecule has 0 aliphatic carbocycles. The van der Waals surface area contributed by atoms with Crippen molar-refractivity contribution < 1.29 is 4.74 Å². The van der Waals surface area contributed by atoms with Crippen LogP contribution in [0.2, 0.25) is 0 Å². The van der Waals surface area contributed by atoms with Gasteiger partial charge in [-0.2, -0.15) is 11.8 Å². The molecule has 0 bridgehead atoms. The number of methoxy groups -OCH3 is 1. The van der Waals surface area contributed by atoms with Crippen LogP contribution >= 0.6 is 27.7 Å². The second-order valence-corrected chi connectivity index (χ2v) is 5.68. The highest BCUT2D eigenvalue weighted by Gasteiger charge is 2.06. The molecule has 0 aliphatic heterocycles. The summed E-state index contributed by atoms with van der Waals surface area (Å²) in [6.45, 7) is 3.12. The zero-order valence-corrected chi connectivity index (χ0v) is 13.0. The van der Waals surface area contributed by atoms with Crippen molar-refractivity contribution >= 4 is 27.7 Å². The van der Waals surface area contributed by atoms with Gasteiger partial charge in [-0.1, -0.05) is 13.0 Å². The van der Waals surface area contributed by atoms with Gasteiger partial charge in [0.05, 0.1) is 11.6 Å². The molecular formula is C13H20BrNOS. The van der Waals surface area contributed by atoms with Crippen LogP contribution in [0.1, 0.15) is 18.9 Å². The lowest BCUT2D eigenvalue weighted by Gasteiger charge is -2.16. The predicted octanol–water partition coefficient (Wildman–Crippen LogP) is 3.69. The number of hydrogen-bond acceptors (Lipinski definition) is 3. The maximum atomic E-state index is 5.21. The van der Waals surface area contributed by atoms with Gasteiger partial charge in [-0.25, -0.2) is 0 Å². The summed E-state index contributed by atoms with van der Waals surface area (Å²) in [4.78, 5) is 0. The molecule has 0 saturated carbocycles. The molecule has 1 aromatic carbocycles. The molecule has 4 heteroatoms. The summed E-state index contributed by atoms with van der Waals surface area (Å²) in [6, 6.07) is 6.79. The molecule has 1 aromatic rings. The van der Waals surface area contributed by atoms with Crippen molar-refractivity contribution in [3.63, 3.8) is 0 Å². The van der Waals surface area contributed by atoms with Gasteiger partial charge in [0.25, 0.3) is 0 Å². The zero-order valence-electron chi connectivity index (χ0n) is 10.6. The average Bonchev–Trinajstić information content (AvgIpc) is 2.34. The Hall–Kier alpha value is -0.190. The SMILES string of the molecule is CCC(CSC)NCc1ccc(OC)c(Br)c1. The molecule has 0 aromatic heterocycles. The Kier molecular flexibility index (Phi) is 7.00. The Morgan fingerprint density at radius 3 is 2.76 bits per heavy atom. The quantitative estimate of drug-likeness (QED) is 0.828. The summed E-state index contributed by atoms with van der Waals surface area (Å²) in [5.74, 6) is 2.04. The van der Waals surface area contributed by atoms with Crippen LogP contribution in [0.25, 0.3) is 0 Å². The van der Waals surface area contributed by atoms with Gasteiger partial charge < -0.3 is 10.1 Å². The van der Waals surface area contributed by atoms with Gasteiger partial charge in [-0.05, 0) is 46.3 Å².